The maximum absolute atomic E-state index is 13.3. The summed E-state index contributed by atoms with van der Waals surface area (Å²) in [7, 11) is -5.48. The quantitative estimate of drug-likeness (QED) is 0.666. The first-order valence-corrected chi connectivity index (χ1v) is 11.0. The van der Waals surface area contributed by atoms with Crippen molar-refractivity contribution in [2.45, 2.75) is 24.6 Å². The summed E-state index contributed by atoms with van der Waals surface area (Å²) in [4.78, 5) is 9.72. The molecule has 1 unspecified atom stereocenters. The number of halogens is 3. The average Bonchev–Trinajstić information content (AvgIpc) is 3.34. The molecular weight excluding hydrogens is 425 g/mol. The highest BCUT2D eigenvalue weighted by Gasteiger charge is 2.51. The van der Waals surface area contributed by atoms with Crippen molar-refractivity contribution in [3.63, 3.8) is 0 Å². The van der Waals surface area contributed by atoms with Crippen LogP contribution in [0.1, 0.15) is 22.2 Å². The highest BCUT2D eigenvalue weighted by atomic mass is 32.2. The van der Waals surface area contributed by atoms with Gasteiger partial charge in [-0.3, -0.25) is 0 Å². The fourth-order valence-corrected chi connectivity index (χ4v) is 5.21. The van der Waals surface area contributed by atoms with Crippen molar-refractivity contribution in [2.24, 2.45) is 0 Å². The highest BCUT2D eigenvalue weighted by Crippen LogP contribution is 2.40. The van der Waals surface area contributed by atoms with Gasteiger partial charge in [0.25, 0.3) is 0 Å². The summed E-state index contributed by atoms with van der Waals surface area (Å²) in [5.74, 6) is 0. The van der Waals surface area contributed by atoms with Gasteiger partial charge in [0, 0.05) is 29.9 Å². The van der Waals surface area contributed by atoms with Crippen molar-refractivity contribution < 1.29 is 21.6 Å². The van der Waals surface area contributed by atoms with Crippen LogP contribution in [0.2, 0.25) is 0 Å². The molecule has 0 spiro atoms. The fraction of sp³-hybridized carbons (Fsp3) is 0.278. The number of aromatic nitrogens is 2. The number of para-hydroxylation sites is 1. The van der Waals surface area contributed by atoms with E-state index in [1.807, 2.05) is 16.3 Å². The molecule has 0 saturated carbocycles. The number of sulfonamides is 1. The lowest BCUT2D eigenvalue weighted by molar-refractivity contribution is -0.0492. The standard InChI is InChI=1S/C18H17F3N4O2S2/c19-18(20,21)29(26,27)24-9-13-4-1-2-5-15(13)25(10-14-8-22-12-23-14)16(11-24)17-6-3-7-28-17/h1-8,12,16H,9-11H2,(H,22,23). The maximum atomic E-state index is 13.3. The van der Waals surface area contributed by atoms with E-state index < -0.39 is 21.6 Å². The minimum Gasteiger partial charge on any atom is -0.356 e. The number of nitrogens with one attached hydrogen (secondary N) is 1. The zero-order chi connectivity index (χ0) is 20.6. The van der Waals surface area contributed by atoms with Crippen molar-refractivity contribution >= 4 is 27.0 Å². The number of hydrogen-bond acceptors (Lipinski definition) is 5. The molecule has 3 heterocycles. The molecule has 1 aliphatic rings. The summed E-state index contributed by atoms with van der Waals surface area (Å²) in [6.07, 6.45) is 3.17. The zero-order valence-corrected chi connectivity index (χ0v) is 16.6. The number of anilines is 1. The maximum Gasteiger partial charge on any atom is 0.511 e. The number of imidazole rings is 1. The lowest BCUT2D eigenvalue weighted by Crippen LogP contribution is -2.43. The largest absolute Gasteiger partial charge is 0.511 e. The Labute approximate surface area is 169 Å². The van der Waals surface area contributed by atoms with Gasteiger partial charge in [-0.25, -0.2) is 13.4 Å². The van der Waals surface area contributed by atoms with Crippen LogP contribution in [0.3, 0.4) is 0 Å². The summed E-state index contributed by atoms with van der Waals surface area (Å²) in [5, 5.41) is 1.82. The number of hydrogen-bond donors (Lipinski definition) is 1. The second kappa shape index (κ2) is 7.47. The van der Waals surface area contributed by atoms with Crippen molar-refractivity contribution in [1.29, 1.82) is 0 Å². The van der Waals surface area contributed by atoms with Gasteiger partial charge in [0.15, 0.2) is 0 Å². The van der Waals surface area contributed by atoms with Gasteiger partial charge >= 0.3 is 15.5 Å². The van der Waals surface area contributed by atoms with Gasteiger partial charge in [0.05, 0.1) is 24.6 Å². The van der Waals surface area contributed by atoms with Gasteiger partial charge in [0.2, 0.25) is 0 Å². The summed E-state index contributed by atoms with van der Waals surface area (Å²) in [6.45, 7) is -0.315. The van der Waals surface area contributed by atoms with Crippen LogP contribution >= 0.6 is 11.3 Å². The molecule has 4 rings (SSSR count). The van der Waals surface area contributed by atoms with E-state index in [0.29, 0.717) is 22.1 Å². The van der Waals surface area contributed by atoms with E-state index in [1.54, 1.807) is 36.5 Å². The fourth-order valence-electron chi connectivity index (χ4n) is 3.44. The molecule has 0 radical (unpaired) electrons. The number of H-pyrrole nitrogens is 1. The third-order valence-electron chi connectivity index (χ3n) is 4.80. The second-order valence-corrected chi connectivity index (χ2v) is 9.52. The minimum atomic E-state index is -5.48. The smallest absolute Gasteiger partial charge is 0.356 e. The molecule has 1 atom stereocenters. The van der Waals surface area contributed by atoms with Crippen LogP contribution < -0.4 is 4.90 Å². The van der Waals surface area contributed by atoms with E-state index in [-0.39, 0.29) is 13.1 Å². The van der Waals surface area contributed by atoms with E-state index in [2.05, 4.69) is 9.97 Å². The Hall–Kier alpha value is -2.37. The molecular formula is C18H17F3N4O2S2. The van der Waals surface area contributed by atoms with Gasteiger partial charge in [0.1, 0.15) is 0 Å². The summed E-state index contributed by atoms with van der Waals surface area (Å²) < 4.78 is 65.1. The molecule has 0 bridgehead atoms. The van der Waals surface area contributed by atoms with Crippen LogP contribution in [-0.2, 0) is 23.1 Å². The number of alkyl halides is 3. The van der Waals surface area contributed by atoms with E-state index >= 15 is 0 Å². The normalized spacial score (nSPS) is 18.4. The Morgan fingerprint density at radius 1 is 1.21 bits per heavy atom. The van der Waals surface area contributed by atoms with Gasteiger partial charge < -0.3 is 9.88 Å². The van der Waals surface area contributed by atoms with Crippen LogP contribution in [0, 0.1) is 0 Å². The number of benzene rings is 1. The van der Waals surface area contributed by atoms with Crippen LogP contribution in [0.15, 0.2) is 54.3 Å². The average molecular weight is 442 g/mol. The first-order chi connectivity index (χ1) is 13.8. The molecule has 1 aliphatic heterocycles. The van der Waals surface area contributed by atoms with Crippen molar-refractivity contribution in [2.75, 3.05) is 11.4 Å². The second-order valence-electron chi connectivity index (χ2n) is 6.61. The van der Waals surface area contributed by atoms with E-state index in [4.69, 9.17) is 0 Å². The molecule has 0 fully saturated rings. The lowest BCUT2D eigenvalue weighted by Gasteiger charge is -2.33. The van der Waals surface area contributed by atoms with Gasteiger partial charge in [-0.1, -0.05) is 24.3 Å². The molecule has 0 aliphatic carbocycles. The summed E-state index contributed by atoms with van der Waals surface area (Å²) >= 11 is 1.38. The molecule has 6 nitrogen and oxygen atoms in total. The van der Waals surface area contributed by atoms with E-state index in [1.165, 1.54) is 17.7 Å². The van der Waals surface area contributed by atoms with Gasteiger partial charge in [-0.15, -0.1) is 11.3 Å². The third kappa shape index (κ3) is 3.77. The zero-order valence-electron chi connectivity index (χ0n) is 15.0. The molecule has 154 valence electrons. The van der Waals surface area contributed by atoms with Crippen LogP contribution in [0.5, 0.6) is 0 Å². The summed E-state index contributed by atoms with van der Waals surface area (Å²) in [6, 6.07) is 9.96. The van der Waals surface area contributed by atoms with Crippen LogP contribution in [0.25, 0.3) is 0 Å². The Balaban J connectivity index is 1.85. The van der Waals surface area contributed by atoms with Crippen molar-refractivity contribution in [3.8, 4) is 0 Å². The van der Waals surface area contributed by atoms with Crippen LogP contribution in [-0.4, -0.2) is 34.7 Å². The molecule has 11 heteroatoms. The lowest BCUT2D eigenvalue weighted by atomic mass is 10.1. The Bertz CT molecular complexity index is 1070. The van der Waals surface area contributed by atoms with E-state index in [0.717, 1.165) is 10.6 Å². The monoisotopic (exact) mass is 442 g/mol. The van der Waals surface area contributed by atoms with E-state index in [9.17, 15) is 21.6 Å². The van der Waals surface area contributed by atoms with Gasteiger partial charge in [-0.05, 0) is 23.1 Å². The molecule has 3 aromatic rings. The number of rotatable bonds is 4. The third-order valence-corrected chi connectivity index (χ3v) is 7.32. The minimum absolute atomic E-state index is 0.314. The van der Waals surface area contributed by atoms with Crippen molar-refractivity contribution in [1.82, 2.24) is 14.3 Å². The molecule has 0 amide bonds. The van der Waals surface area contributed by atoms with Gasteiger partial charge in [-0.2, -0.15) is 17.5 Å². The Morgan fingerprint density at radius 2 is 2.00 bits per heavy atom. The van der Waals surface area contributed by atoms with Crippen molar-refractivity contribution in [3.05, 3.63) is 70.4 Å². The first kappa shape index (κ1) is 19.9. The number of thiophene rings is 1. The predicted molar refractivity (Wildman–Crippen MR) is 104 cm³/mol. The Kier molecular flexibility index (Phi) is 5.13. The number of aromatic amines is 1. The van der Waals surface area contributed by atoms with Crippen LogP contribution in [0.4, 0.5) is 18.9 Å². The SMILES string of the molecule is O=S(=O)(N1Cc2ccccc2N(Cc2cnc[nH]2)C(c2cccs2)C1)C(F)(F)F. The number of fused-ring (bicyclic) bond motifs is 1. The first-order valence-electron chi connectivity index (χ1n) is 8.69. The number of nitrogens with zero attached hydrogens (tertiary/aromatic N) is 3. The topological polar surface area (TPSA) is 69.3 Å². The molecule has 0 saturated heterocycles. The predicted octanol–water partition coefficient (Wildman–Crippen LogP) is 3.88. The highest BCUT2D eigenvalue weighted by molar-refractivity contribution is 7.89. The molecule has 1 N–H and O–H groups in total. The Morgan fingerprint density at radius 3 is 2.66 bits per heavy atom. The molecule has 1 aromatic carbocycles. The summed E-state index contributed by atoms with van der Waals surface area (Å²) in [5.41, 5.74) is -3.38. The molecule has 29 heavy (non-hydrogen) atoms. The molecule has 2 aromatic heterocycles.